The highest BCUT2D eigenvalue weighted by Gasteiger charge is 2.17. The summed E-state index contributed by atoms with van der Waals surface area (Å²) >= 11 is 0. The Morgan fingerprint density at radius 2 is 1.74 bits per heavy atom. The third kappa shape index (κ3) is 4.00. The molecule has 2 rings (SSSR count). The van der Waals surface area contributed by atoms with Crippen LogP contribution in [0, 0.1) is 23.3 Å². The van der Waals surface area contributed by atoms with E-state index in [1.54, 1.807) is 6.92 Å². The molecule has 0 radical (unpaired) electrons. The van der Waals surface area contributed by atoms with Gasteiger partial charge in [0.05, 0.1) is 0 Å². The molecular formula is C16H13F4NO2. The second-order valence-corrected chi connectivity index (χ2v) is 4.60. The van der Waals surface area contributed by atoms with E-state index < -0.39 is 35.8 Å². The molecule has 1 amide bonds. The number of carbonyl (C=O) groups excluding carboxylic acids is 1. The van der Waals surface area contributed by atoms with Gasteiger partial charge in [-0.3, -0.25) is 4.79 Å². The molecule has 0 bridgehead atoms. The van der Waals surface area contributed by atoms with Gasteiger partial charge in [0.2, 0.25) is 0 Å². The summed E-state index contributed by atoms with van der Waals surface area (Å²) in [6.07, 6.45) is 0. The number of carbonyl (C=O) groups is 1. The molecule has 0 unspecified atom stereocenters. The van der Waals surface area contributed by atoms with Crippen molar-refractivity contribution in [2.75, 3.05) is 18.1 Å². The number of amides is 1. The highest BCUT2D eigenvalue weighted by Crippen LogP contribution is 2.20. The van der Waals surface area contributed by atoms with Gasteiger partial charge in [0.1, 0.15) is 5.82 Å². The lowest BCUT2D eigenvalue weighted by Gasteiger charge is -2.21. The molecule has 2 aromatic rings. The molecule has 0 aliphatic heterocycles. The van der Waals surface area contributed by atoms with E-state index in [1.165, 1.54) is 6.07 Å². The lowest BCUT2D eigenvalue weighted by molar-refractivity contribution is -0.120. The van der Waals surface area contributed by atoms with Crippen molar-refractivity contribution in [3.8, 4) is 5.75 Å². The van der Waals surface area contributed by atoms with Gasteiger partial charge >= 0.3 is 0 Å². The van der Waals surface area contributed by atoms with E-state index in [1.807, 2.05) is 0 Å². The summed E-state index contributed by atoms with van der Waals surface area (Å²) in [7, 11) is 0. The molecule has 23 heavy (non-hydrogen) atoms. The zero-order valence-electron chi connectivity index (χ0n) is 12.2. The first-order chi connectivity index (χ1) is 10.9. The fraction of sp³-hybridized carbons (Fsp3) is 0.188. The summed E-state index contributed by atoms with van der Waals surface area (Å²) in [6, 6.07) is 5.73. The van der Waals surface area contributed by atoms with Crippen molar-refractivity contribution in [2.45, 2.75) is 6.92 Å². The Hall–Kier alpha value is -2.57. The number of anilines is 1. The van der Waals surface area contributed by atoms with E-state index in [2.05, 4.69) is 0 Å². The number of hydrogen-bond acceptors (Lipinski definition) is 2. The molecule has 0 atom stereocenters. The Bertz CT molecular complexity index is 721. The maximum absolute atomic E-state index is 13.4. The molecule has 0 aromatic heterocycles. The van der Waals surface area contributed by atoms with E-state index in [0.717, 1.165) is 29.2 Å². The van der Waals surface area contributed by atoms with Crippen LogP contribution in [0.3, 0.4) is 0 Å². The average Bonchev–Trinajstić information content (AvgIpc) is 2.50. The molecule has 0 spiro atoms. The first-order valence-electron chi connectivity index (χ1n) is 6.75. The first kappa shape index (κ1) is 16.8. The SMILES string of the molecule is CCN(C(=O)COc1ccc(F)cc1F)c1ccc(F)c(F)c1. The van der Waals surface area contributed by atoms with Gasteiger partial charge in [0.15, 0.2) is 29.8 Å². The highest BCUT2D eigenvalue weighted by molar-refractivity contribution is 5.94. The molecule has 3 nitrogen and oxygen atoms in total. The Labute approximate surface area is 130 Å². The van der Waals surface area contributed by atoms with Gasteiger partial charge < -0.3 is 9.64 Å². The number of benzene rings is 2. The zero-order valence-corrected chi connectivity index (χ0v) is 12.2. The van der Waals surface area contributed by atoms with Crippen molar-refractivity contribution < 1.29 is 27.1 Å². The number of likely N-dealkylation sites (N-methyl/N-ethyl adjacent to an activating group) is 1. The summed E-state index contributed by atoms with van der Waals surface area (Å²) in [4.78, 5) is 13.3. The summed E-state index contributed by atoms with van der Waals surface area (Å²) in [6.45, 7) is 1.28. The molecule has 122 valence electrons. The van der Waals surface area contributed by atoms with Crippen molar-refractivity contribution in [2.24, 2.45) is 0 Å². The third-order valence-electron chi connectivity index (χ3n) is 3.08. The zero-order chi connectivity index (χ0) is 17.0. The van der Waals surface area contributed by atoms with Gasteiger partial charge in [0, 0.05) is 24.4 Å². The van der Waals surface area contributed by atoms with Gasteiger partial charge in [-0.25, -0.2) is 17.6 Å². The predicted molar refractivity (Wildman–Crippen MR) is 76.2 cm³/mol. The van der Waals surface area contributed by atoms with E-state index in [-0.39, 0.29) is 18.0 Å². The lowest BCUT2D eigenvalue weighted by Crippen LogP contribution is -2.35. The van der Waals surface area contributed by atoms with Gasteiger partial charge in [-0.15, -0.1) is 0 Å². The van der Waals surface area contributed by atoms with Gasteiger partial charge in [-0.2, -0.15) is 0 Å². The van der Waals surface area contributed by atoms with Gasteiger partial charge in [-0.05, 0) is 31.2 Å². The van der Waals surface area contributed by atoms with Gasteiger partial charge in [0.25, 0.3) is 5.91 Å². The van der Waals surface area contributed by atoms with Crippen LogP contribution in [-0.4, -0.2) is 19.1 Å². The van der Waals surface area contributed by atoms with Crippen LogP contribution in [-0.2, 0) is 4.79 Å². The maximum atomic E-state index is 13.4. The molecule has 0 aliphatic rings. The van der Waals surface area contributed by atoms with Crippen molar-refractivity contribution >= 4 is 11.6 Å². The lowest BCUT2D eigenvalue weighted by atomic mass is 10.2. The molecule has 0 saturated carbocycles. The fourth-order valence-electron chi connectivity index (χ4n) is 1.97. The summed E-state index contributed by atoms with van der Waals surface area (Å²) < 4.78 is 57.4. The molecular weight excluding hydrogens is 314 g/mol. The second-order valence-electron chi connectivity index (χ2n) is 4.60. The van der Waals surface area contributed by atoms with Crippen molar-refractivity contribution in [1.82, 2.24) is 0 Å². The predicted octanol–water partition coefficient (Wildman–Crippen LogP) is 3.67. The van der Waals surface area contributed by atoms with Crippen LogP contribution >= 0.6 is 0 Å². The third-order valence-corrected chi connectivity index (χ3v) is 3.08. The van der Waals surface area contributed by atoms with Crippen molar-refractivity contribution in [3.63, 3.8) is 0 Å². The minimum atomic E-state index is -1.08. The van der Waals surface area contributed by atoms with Crippen LogP contribution in [0.15, 0.2) is 36.4 Å². The van der Waals surface area contributed by atoms with E-state index in [4.69, 9.17) is 4.74 Å². The first-order valence-corrected chi connectivity index (χ1v) is 6.75. The minimum absolute atomic E-state index is 0.152. The van der Waals surface area contributed by atoms with Crippen LogP contribution in [0.5, 0.6) is 5.75 Å². The monoisotopic (exact) mass is 327 g/mol. The van der Waals surface area contributed by atoms with Gasteiger partial charge in [-0.1, -0.05) is 0 Å². The Kier molecular flexibility index (Phi) is 5.20. The van der Waals surface area contributed by atoms with Crippen LogP contribution in [0.2, 0.25) is 0 Å². The summed E-state index contributed by atoms with van der Waals surface area (Å²) in [5.74, 6) is -4.67. The van der Waals surface area contributed by atoms with Crippen LogP contribution in [0.1, 0.15) is 6.92 Å². The minimum Gasteiger partial charge on any atom is -0.481 e. The van der Waals surface area contributed by atoms with E-state index >= 15 is 0 Å². The number of ether oxygens (including phenoxy) is 1. The molecule has 0 saturated heterocycles. The summed E-state index contributed by atoms with van der Waals surface area (Å²) in [5, 5.41) is 0. The smallest absolute Gasteiger partial charge is 0.264 e. The second kappa shape index (κ2) is 7.13. The standard InChI is InChI=1S/C16H13F4NO2/c1-2-21(11-4-5-12(18)13(19)8-11)16(22)9-23-15-6-3-10(17)7-14(15)20/h3-8H,2,9H2,1H3. The maximum Gasteiger partial charge on any atom is 0.264 e. The fourth-order valence-corrected chi connectivity index (χ4v) is 1.97. The number of nitrogens with zero attached hydrogens (tertiary/aromatic N) is 1. The Morgan fingerprint density at radius 1 is 1.00 bits per heavy atom. The number of hydrogen-bond donors (Lipinski definition) is 0. The van der Waals surface area contributed by atoms with Crippen molar-refractivity contribution in [1.29, 1.82) is 0 Å². The van der Waals surface area contributed by atoms with E-state index in [0.29, 0.717) is 6.07 Å². The van der Waals surface area contributed by atoms with Crippen LogP contribution in [0.25, 0.3) is 0 Å². The molecule has 2 aromatic carbocycles. The van der Waals surface area contributed by atoms with Crippen molar-refractivity contribution in [3.05, 3.63) is 59.7 Å². The van der Waals surface area contributed by atoms with E-state index in [9.17, 15) is 22.4 Å². The molecule has 0 N–H and O–H groups in total. The molecule has 0 heterocycles. The number of halogens is 4. The Morgan fingerprint density at radius 3 is 2.35 bits per heavy atom. The topological polar surface area (TPSA) is 29.5 Å². The normalized spacial score (nSPS) is 10.5. The molecule has 0 aliphatic carbocycles. The molecule has 0 fully saturated rings. The number of rotatable bonds is 5. The van der Waals surface area contributed by atoms with Crippen LogP contribution in [0.4, 0.5) is 23.2 Å². The quantitative estimate of drug-likeness (QED) is 0.784. The Balaban J connectivity index is 2.09. The highest BCUT2D eigenvalue weighted by atomic mass is 19.2. The average molecular weight is 327 g/mol. The van der Waals surface area contributed by atoms with Crippen LogP contribution < -0.4 is 9.64 Å². The summed E-state index contributed by atoms with van der Waals surface area (Å²) in [5.41, 5.74) is 0.152. The molecule has 7 heteroatoms. The largest absolute Gasteiger partial charge is 0.481 e.